The minimum atomic E-state index is -0.719. The van der Waals surface area contributed by atoms with Crippen molar-refractivity contribution in [1.29, 1.82) is 0 Å². The van der Waals surface area contributed by atoms with E-state index in [1.165, 1.54) is 12.1 Å². The third kappa shape index (κ3) is 3.66. The molecule has 2 atom stereocenters. The number of hydrogen-bond donors (Lipinski definition) is 0. The lowest BCUT2D eigenvalue weighted by atomic mass is 10.2. The molecule has 1 aromatic carbocycles. The first-order valence-corrected chi connectivity index (χ1v) is 8.70. The molecular weight excluding hydrogens is 384 g/mol. The van der Waals surface area contributed by atoms with E-state index in [-0.39, 0.29) is 24.4 Å². The first kappa shape index (κ1) is 17.5. The molecule has 0 aromatic heterocycles. The molecule has 1 aliphatic heterocycles. The molecule has 7 heteroatoms. The maximum atomic E-state index is 13.7. The quantitative estimate of drug-likeness (QED) is 0.758. The predicted octanol–water partition coefficient (Wildman–Crippen LogP) is 4.22. The van der Waals surface area contributed by atoms with Crippen LogP contribution in [0, 0.1) is 29.4 Å². The molecule has 132 valence electrons. The second-order valence-corrected chi connectivity index (χ2v) is 8.30. The molecule has 1 aromatic rings. The van der Waals surface area contributed by atoms with Crippen LogP contribution in [-0.4, -0.2) is 36.3 Å². The lowest BCUT2D eigenvalue weighted by Crippen LogP contribution is -2.37. The zero-order valence-electron chi connectivity index (χ0n) is 13.8. The molecule has 0 spiro atoms. The molecule has 2 fully saturated rings. The zero-order valence-corrected chi connectivity index (χ0v) is 15.4. The van der Waals surface area contributed by atoms with E-state index < -0.39 is 17.2 Å². The Hall–Kier alpha value is -1.37. The second kappa shape index (κ2) is 6.17. The van der Waals surface area contributed by atoms with E-state index in [1.54, 1.807) is 4.90 Å². The summed E-state index contributed by atoms with van der Waals surface area (Å²) in [5, 5.41) is 0. The molecule has 4 nitrogen and oxygen atoms in total. The number of fused-ring (bicyclic) bond motifs is 1. The van der Waals surface area contributed by atoms with Crippen LogP contribution in [0.5, 0.6) is 5.75 Å². The highest BCUT2D eigenvalue weighted by Crippen LogP contribution is 2.52. The summed E-state index contributed by atoms with van der Waals surface area (Å²) in [4.78, 5) is 13.7. The number of rotatable bonds is 3. The van der Waals surface area contributed by atoms with Crippen molar-refractivity contribution in [3.8, 4) is 5.75 Å². The van der Waals surface area contributed by atoms with E-state index in [1.807, 2.05) is 20.8 Å². The zero-order chi connectivity index (χ0) is 17.6. The third-order valence-electron chi connectivity index (χ3n) is 4.41. The van der Waals surface area contributed by atoms with Gasteiger partial charge in [0, 0.05) is 23.5 Å². The number of carbonyl (C=O) groups excluding carboxylic acids is 1. The van der Waals surface area contributed by atoms with Crippen LogP contribution in [0.3, 0.4) is 0 Å². The summed E-state index contributed by atoms with van der Waals surface area (Å²) in [6.07, 6.45) is -0.306. The summed E-state index contributed by atoms with van der Waals surface area (Å²) in [6.45, 7) is 6.98. The molecular formula is C17H20BrF2NO3. The van der Waals surface area contributed by atoms with Crippen LogP contribution in [0.2, 0.25) is 0 Å². The number of hydrogen-bond acceptors (Lipinski definition) is 3. The van der Waals surface area contributed by atoms with Crippen molar-refractivity contribution >= 4 is 22.0 Å². The Balaban J connectivity index is 1.50. The molecule has 1 heterocycles. The highest BCUT2D eigenvalue weighted by Gasteiger charge is 2.57. The summed E-state index contributed by atoms with van der Waals surface area (Å²) in [5.41, 5.74) is -0.511. The van der Waals surface area contributed by atoms with E-state index in [0.717, 1.165) is 0 Å². The molecule has 3 rings (SSSR count). The SMILES string of the molecule is CC(C)(C)OC(=O)N1CC2C(COc3c(F)cc(Br)cc3F)C2C1. The number of ether oxygens (including phenoxy) is 2. The normalized spacial score (nSPS) is 25.4. The Morgan fingerprint density at radius 3 is 2.29 bits per heavy atom. The fourth-order valence-electron chi connectivity index (χ4n) is 3.22. The molecule has 1 saturated heterocycles. The summed E-state index contributed by atoms with van der Waals surface area (Å²) in [7, 11) is 0. The molecule has 0 N–H and O–H groups in total. The number of benzene rings is 1. The maximum Gasteiger partial charge on any atom is 0.410 e. The summed E-state index contributed by atoms with van der Waals surface area (Å²) < 4.78 is 38.5. The molecule has 2 aliphatic rings. The fraction of sp³-hybridized carbons (Fsp3) is 0.588. The Labute approximate surface area is 148 Å². The Morgan fingerprint density at radius 1 is 1.25 bits per heavy atom. The van der Waals surface area contributed by atoms with Crippen LogP contribution < -0.4 is 4.74 Å². The number of halogens is 3. The van der Waals surface area contributed by atoms with E-state index in [4.69, 9.17) is 9.47 Å². The van der Waals surface area contributed by atoms with Crippen molar-refractivity contribution in [2.75, 3.05) is 19.7 Å². The van der Waals surface area contributed by atoms with E-state index in [2.05, 4.69) is 15.9 Å². The average Bonchev–Trinajstić information content (AvgIpc) is 2.88. The fourth-order valence-corrected chi connectivity index (χ4v) is 3.62. The highest BCUT2D eigenvalue weighted by atomic mass is 79.9. The van der Waals surface area contributed by atoms with E-state index >= 15 is 0 Å². The van der Waals surface area contributed by atoms with Crippen LogP contribution in [0.4, 0.5) is 13.6 Å². The van der Waals surface area contributed by atoms with Crippen molar-refractivity contribution in [2.45, 2.75) is 26.4 Å². The third-order valence-corrected chi connectivity index (χ3v) is 4.86. The maximum absolute atomic E-state index is 13.7. The van der Waals surface area contributed by atoms with Gasteiger partial charge in [0.2, 0.25) is 0 Å². The van der Waals surface area contributed by atoms with Crippen molar-refractivity contribution in [3.63, 3.8) is 0 Å². The van der Waals surface area contributed by atoms with Gasteiger partial charge in [-0.2, -0.15) is 0 Å². The molecule has 24 heavy (non-hydrogen) atoms. The number of carbonyl (C=O) groups is 1. The summed E-state index contributed by atoms with van der Waals surface area (Å²) in [5.74, 6) is -0.914. The lowest BCUT2D eigenvalue weighted by molar-refractivity contribution is 0.0260. The first-order valence-electron chi connectivity index (χ1n) is 7.91. The van der Waals surface area contributed by atoms with Gasteiger partial charge < -0.3 is 14.4 Å². The first-order chi connectivity index (χ1) is 11.2. The predicted molar refractivity (Wildman–Crippen MR) is 87.8 cm³/mol. The van der Waals surface area contributed by atoms with Gasteiger partial charge in [-0.05, 0) is 44.7 Å². The van der Waals surface area contributed by atoms with Crippen molar-refractivity contribution < 1.29 is 23.0 Å². The van der Waals surface area contributed by atoms with Gasteiger partial charge in [-0.15, -0.1) is 0 Å². The Kier molecular flexibility index (Phi) is 4.49. The minimum absolute atomic E-state index is 0.228. The van der Waals surface area contributed by atoms with Crippen LogP contribution >= 0.6 is 15.9 Å². The van der Waals surface area contributed by atoms with Crippen LogP contribution in [0.1, 0.15) is 20.8 Å². The summed E-state index contributed by atoms with van der Waals surface area (Å²) in [6, 6.07) is 2.35. The molecule has 0 bridgehead atoms. The number of piperidine rings is 1. The lowest BCUT2D eigenvalue weighted by Gasteiger charge is -2.25. The summed E-state index contributed by atoms with van der Waals surface area (Å²) >= 11 is 3.03. The number of amides is 1. The van der Waals surface area contributed by atoms with E-state index in [0.29, 0.717) is 29.4 Å². The molecule has 1 aliphatic carbocycles. The number of likely N-dealkylation sites (tertiary alicyclic amines) is 1. The smallest absolute Gasteiger partial charge is 0.410 e. The second-order valence-electron chi connectivity index (χ2n) is 7.39. The molecule has 1 amide bonds. The van der Waals surface area contributed by atoms with Gasteiger partial charge in [0.1, 0.15) is 5.60 Å². The topological polar surface area (TPSA) is 38.8 Å². The Bertz CT molecular complexity index is 627. The largest absolute Gasteiger partial charge is 0.487 e. The van der Waals surface area contributed by atoms with Gasteiger partial charge in [0.25, 0.3) is 0 Å². The standard InChI is InChI=1S/C17H20BrF2NO3/c1-17(2,3)24-16(22)21-6-10-11(7-21)12(10)8-23-15-13(19)4-9(18)5-14(15)20/h4-5,10-12H,6-8H2,1-3H3. The minimum Gasteiger partial charge on any atom is -0.487 e. The van der Waals surface area contributed by atoms with Crippen LogP contribution in [-0.2, 0) is 4.74 Å². The molecule has 0 radical (unpaired) electrons. The van der Waals surface area contributed by atoms with Crippen LogP contribution in [0.25, 0.3) is 0 Å². The van der Waals surface area contributed by atoms with Gasteiger partial charge >= 0.3 is 6.09 Å². The van der Waals surface area contributed by atoms with Gasteiger partial charge in [0.15, 0.2) is 17.4 Å². The van der Waals surface area contributed by atoms with Gasteiger partial charge in [-0.3, -0.25) is 0 Å². The van der Waals surface area contributed by atoms with Crippen molar-refractivity contribution in [1.82, 2.24) is 4.90 Å². The van der Waals surface area contributed by atoms with Crippen molar-refractivity contribution in [3.05, 3.63) is 28.2 Å². The molecule has 2 unspecified atom stereocenters. The van der Waals surface area contributed by atoms with Gasteiger partial charge in [-0.25, -0.2) is 13.6 Å². The Morgan fingerprint density at radius 2 is 1.79 bits per heavy atom. The number of nitrogens with zero attached hydrogens (tertiary/aromatic N) is 1. The van der Waals surface area contributed by atoms with Gasteiger partial charge in [-0.1, -0.05) is 15.9 Å². The molecule has 1 saturated carbocycles. The van der Waals surface area contributed by atoms with E-state index in [9.17, 15) is 13.6 Å². The van der Waals surface area contributed by atoms with Crippen LogP contribution in [0.15, 0.2) is 16.6 Å². The average molecular weight is 404 g/mol. The monoisotopic (exact) mass is 403 g/mol. The van der Waals surface area contributed by atoms with Gasteiger partial charge in [0.05, 0.1) is 6.61 Å². The highest BCUT2D eigenvalue weighted by molar-refractivity contribution is 9.10. The van der Waals surface area contributed by atoms with Crippen molar-refractivity contribution in [2.24, 2.45) is 17.8 Å².